The first-order valence-electron chi connectivity index (χ1n) is 7.11. The standard InChI is InChI=1S/C13H23N3O3/c14-10-3-1-2-4-11(10)16-13(19)15-9-6-5-8(7-9)12(17)18/h8-11H,1-7,14H2,(H,17,18)(H2,15,16,19)/t8-,9+,10?,11?/m1/s1. The van der Waals surface area contributed by atoms with Crippen LogP contribution in [0.5, 0.6) is 0 Å². The zero-order chi connectivity index (χ0) is 13.8. The summed E-state index contributed by atoms with van der Waals surface area (Å²) in [6.45, 7) is 0. The Balaban J connectivity index is 1.74. The Hall–Kier alpha value is -1.30. The van der Waals surface area contributed by atoms with Crippen LogP contribution in [0, 0.1) is 5.92 Å². The smallest absolute Gasteiger partial charge is 0.315 e. The fourth-order valence-electron chi connectivity index (χ4n) is 3.07. The van der Waals surface area contributed by atoms with E-state index in [9.17, 15) is 9.59 Å². The molecule has 2 fully saturated rings. The largest absolute Gasteiger partial charge is 0.481 e. The van der Waals surface area contributed by atoms with Crippen LogP contribution >= 0.6 is 0 Å². The Morgan fingerprint density at radius 3 is 2.42 bits per heavy atom. The lowest BCUT2D eigenvalue weighted by Crippen LogP contribution is -2.53. The van der Waals surface area contributed by atoms with Crippen LogP contribution in [0.3, 0.4) is 0 Å². The highest BCUT2D eigenvalue weighted by atomic mass is 16.4. The van der Waals surface area contributed by atoms with Crippen molar-refractivity contribution in [3.05, 3.63) is 0 Å². The molecule has 0 saturated heterocycles. The maximum atomic E-state index is 11.9. The molecule has 0 bridgehead atoms. The van der Waals surface area contributed by atoms with E-state index in [1.807, 2.05) is 0 Å². The Bertz CT molecular complexity index is 348. The van der Waals surface area contributed by atoms with Gasteiger partial charge < -0.3 is 21.5 Å². The number of hydrogen-bond donors (Lipinski definition) is 4. The second kappa shape index (κ2) is 6.23. The molecule has 108 valence electrons. The van der Waals surface area contributed by atoms with Gasteiger partial charge in [0, 0.05) is 18.1 Å². The average molecular weight is 269 g/mol. The van der Waals surface area contributed by atoms with Crippen LogP contribution in [0.4, 0.5) is 4.79 Å². The Labute approximate surface area is 113 Å². The SMILES string of the molecule is NC1CCCCC1NC(=O)N[C@H]1CC[C@@H](C(=O)O)C1. The number of carboxylic acids is 1. The molecule has 2 saturated carbocycles. The van der Waals surface area contributed by atoms with E-state index in [1.54, 1.807) is 0 Å². The third-order valence-corrected chi connectivity index (χ3v) is 4.25. The second-order valence-electron chi connectivity index (χ2n) is 5.72. The molecule has 2 aliphatic carbocycles. The molecule has 2 amide bonds. The fourth-order valence-corrected chi connectivity index (χ4v) is 3.07. The summed E-state index contributed by atoms with van der Waals surface area (Å²) in [5, 5.41) is 14.7. The third-order valence-electron chi connectivity index (χ3n) is 4.25. The molecule has 19 heavy (non-hydrogen) atoms. The highest BCUT2D eigenvalue weighted by Crippen LogP contribution is 2.25. The zero-order valence-electron chi connectivity index (χ0n) is 11.1. The van der Waals surface area contributed by atoms with Gasteiger partial charge in [-0.25, -0.2) is 4.79 Å². The summed E-state index contributed by atoms with van der Waals surface area (Å²) in [6, 6.07) is -0.153. The number of rotatable bonds is 3. The number of carboxylic acid groups (broad SMARTS) is 1. The van der Waals surface area contributed by atoms with Crippen molar-refractivity contribution in [1.29, 1.82) is 0 Å². The van der Waals surface area contributed by atoms with Gasteiger partial charge in [0.25, 0.3) is 0 Å². The molecule has 2 rings (SSSR count). The number of nitrogens with one attached hydrogen (secondary N) is 2. The van der Waals surface area contributed by atoms with E-state index < -0.39 is 5.97 Å². The predicted octanol–water partition coefficient (Wildman–Crippen LogP) is 0.809. The molecule has 0 heterocycles. The van der Waals surface area contributed by atoms with Crippen molar-refractivity contribution in [1.82, 2.24) is 10.6 Å². The highest BCUT2D eigenvalue weighted by molar-refractivity contribution is 5.75. The quantitative estimate of drug-likeness (QED) is 0.608. The molecule has 0 aliphatic heterocycles. The van der Waals surface area contributed by atoms with Gasteiger partial charge in [0.15, 0.2) is 0 Å². The Kier molecular flexibility index (Phi) is 4.63. The van der Waals surface area contributed by atoms with E-state index in [0.717, 1.165) is 32.1 Å². The summed E-state index contributed by atoms with van der Waals surface area (Å²) in [5.74, 6) is -1.08. The van der Waals surface area contributed by atoms with E-state index >= 15 is 0 Å². The molecule has 6 nitrogen and oxygen atoms in total. The maximum Gasteiger partial charge on any atom is 0.315 e. The number of carbonyl (C=O) groups is 2. The zero-order valence-corrected chi connectivity index (χ0v) is 11.1. The molecule has 6 heteroatoms. The van der Waals surface area contributed by atoms with Gasteiger partial charge >= 0.3 is 12.0 Å². The van der Waals surface area contributed by atoms with E-state index in [4.69, 9.17) is 10.8 Å². The normalized spacial score (nSPS) is 34.8. The lowest BCUT2D eigenvalue weighted by molar-refractivity contribution is -0.141. The number of urea groups is 1. The van der Waals surface area contributed by atoms with Crippen molar-refractivity contribution in [2.24, 2.45) is 11.7 Å². The van der Waals surface area contributed by atoms with Crippen molar-refractivity contribution in [2.75, 3.05) is 0 Å². The lowest BCUT2D eigenvalue weighted by atomic mass is 9.91. The minimum absolute atomic E-state index is 0.0269. The van der Waals surface area contributed by atoms with Crippen LogP contribution in [-0.2, 0) is 4.79 Å². The van der Waals surface area contributed by atoms with Crippen LogP contribution in [0.1, 0.15) is 44.9 Å². The number of carbonyl (C=O) groups excluding carboxylic acids is 1. The third kappa shape index (κ3) is 3.83. The number of hydrogen-bond acceptors (Lipinski definition) is 3. The summed E-state index contributed by atoms with van der Waals surface area (Å²) in [5.41, 5.74) is 5.98. The van der Waals surface area contributed by atoms with E-state index in [2.05, 4.69) is 10.6 Å². The van der Waals surface area contributed by atoms with Crippen molar-refractivity contribution in [3.8, 4) is 0 Å². The van der Waals surface area contributed by atoms with Gasteiger partial charge in [-0.2, -0.15) is 0 Å². The van der Waals surface area contributed by atoms with Gasteiger partial charge in [-0.05, 0) is 32.1 Å². The van der Waals surface area contributed by atoms with Gasteiger partial charge in [-0.3, -0.25) is 4.79 Å². The first kappa shape index (κ1) is 14.1. The molecule has 0 spiro atoms. The summed E-state index contributed by atoms with van der Waals surface area (Å²) in [7, 11) is 0. The summed E-state index contributed by atoms with van der Waals surface area (Å²) < 4.78 is 0. The van der Waals surface area contributed by atoms with Gasteiger partial charge in [0.2, 0.25) is 0 Å². The predicted molar refractivity (Wildman–Crippen MR) is 70.7 cm³/mol. The van der Waals surface area contributed by atoms with Crippen LogP contribution < -0.4 is 16.4 Å². The average Bonchev–Trinajstić information content (AvgIpc) is 2.80. The van der Waals surface area contributed by atoms with E-state index in [0.29, 0.717) is 12.8 Å². The van der Waals surface area contributed by atoms with Crippen molar-refractivity contribution < 1.29 is 14.7 Å². The second-order valence-corrected chi connectivity index (χ2v) is 5.72. The minimum atomic E-state index is -0.765. The summed E-state index contributed by atoms with van der Waals surface area (Å²) >= 11 is 0. The molecule has 0 aromatic carbocycles. The lowest BCUT2D eigenvalue weighted by Gasteiger charge is -2.29. The molecule has 0 aromatic rings. The van der Waals surface area contributed by atoms with Crippen molar-refractivity contribution >= 4 is 12.0 Å². The summed E-state index contributed by atoms with van der Waals surface area (Å²) in [4.78, 5) is 22.7. The van der Waals surface area contributed by atoms with Gasteiger partial charge in [0.1, 0.15) is 0 Å². The summed E-state index contributed by atoms with van der Waals surface area (Å²) in [6.07, 6.45) is 6.02. The maximum absolute atomic E-state index is 11.9. The first-order valence-corrected chi connectivity index (χ1v) is 7.11. The van der Waals surface area contributed by atoms with E-state index in [-0.39, 0.29) is 30.1 Å². The monoisotopic (exact) mass is 269 g/mol. The van der Waals surface area contributed by atoms with Crippen molar-refractivity contribution in [2.45, 2.75) is 63.1 Å². The molecule has 0 radical (unpaired) electrons. The number of amides is 2. The molecular weight excluding hydrogens is 246 g/mol. The highest BCUT2D eigenvalue weighted by Gasteiger charge is 2.31. The van der Waals surface area contributed by atoms with Gasteiger partial charge in [0.05, 0.1) is 5.92 Å². The molecule has 2 unspecified atom stereocenters. The molecule has 2 aliphatic rings. The van der Waals surface area contributed by atoms with Crippen molar-refractivity contribution in [3.63, 3.8) is 0 Å². The van der Waals surface area contributed by atoms with Crippen LogP contribution in [-0.4, -0.2) is 35.2 Å². The Morgan fingerprint density at radius 1 is 1.05 bits per heavy atom. The number of aliphatic carboxylic acids is 1. The van der Waals surface area contributed by atoms with Crippen LogP contribution in [0.2, 0.25) is 0 Å². The van der Waals surface area contributed by atoms with Gasteiger partial charge in [-0.15, -0.1) is 0 Å². The number of nitrogens with two attached hydrogens (primary N) is 1. The molecule has 0 aromatic heterocycles. The minimum Gasteiger partial charge on any atom is -0.481 e. The molecular formula is C13H23N3O3. The fraction of sp³-hybridized carbons (Fsp3) is 0.846. The molecule has 4 atom stereocenters. The van der Waals surface area contributed by atoms with Crippen LogP contribution in [0.15, 0.2) is 0 Å². The van der Waals surface area contributed by atoms with E-state index in [1.165, 1.54) is 0 Å². The first-order chi connectivity index (χ1) is 9.06. The van der Waals surface area contributed by atoms with Gasteiger partial charge in [-0.1, -0.05) is 12.8 Å². The molecule has 5 N–H and O–H groups in total. The van der Waals surface area contributed by atoms with Crippen LogP contribution in [0.25, 0.3) is 0 Å². The topological polar surface area (TPSA) is 104 Å². The Morgan fingerprint density at radius 2 is 1.79 bits per heavy atom.